The Kier molecular flexibility index (Phi) is 4.14. The van der Waals surface area contributed by atoms with Crippen LogP contribution in [0.1, 0.15) is 16.1 Å². The lowest BCUT2D eigenvalue weighted by molar-refractivity contribution is 0.0950. The topological polar surface area (TPSA) is 71.5 Å². The molecule has 0 radical (unpaired) electrons. The van der Waals surface area contributed by atoms with Crippen molar-refractivity contribution < 1.29 is 13.7 Å². The summed E-state index contributed by atoms with van der Waals surface area (Å²) in [4.78, 5) is 14.1. The monoisotopic (exact) mass is 311 g/mol. The fraction of sp³-hybridized carbons (Fsp3) is 0.176. The fourth-order valence-electron chi connectivity index (χ4n) is 2.11. The minimum Gasteiger partial charge on any atom is -0.461 e. The van der Waals surface area contributed by atoms with Gasteiger partial charge in [0.15, 0.2) is 5.76 Å². The Balaban J connectivity index is 1.60. The van der Waals surface area contributed by atoms with E-state index in [9.17, 15) is 4.79 Å². The highest BCUT2D eigenvalue weighted by atomic mass is 16.5. The number of anilines is 1. The Hall–Kier alpha value is -3.02. The Labute approximate surface area is 133 Å². The average molecular weight is 311 g/mol. The van der Waals surface area contributed by atoms with Gasteiger partial charge in [0.1, 0.15) is 5.69 Å². The number of hydrogen-bond acceptors (Lipinski definition) is 5. The standard InChI is InChI=1S/C17H17N3O3/c1-20(2)14-7-5-12(6-8-14)17(21)18-11-13-10-16(23-19-13)15-4-3-9-22-15/h3-10H,11H2,1-2H3,(H,18,21). The van der Waals surface area contributed by atoms with Crippen molar-refractivity contribution in [1.29, 1.82) is 0 Å². The maximum Gasteiger partial charge on any atom is 0.251 e. The highest BCUT2D eigenvalue weighted by Crippen LogP contribution is 2.20. The molecule has 3 aromatic rings. The van der Waals surface area contributed by atoms with Gasteiger partial charge < -0.3 is 19.2 Å². The molecule has 0 bridgehead atoms. The number of nitrogens with zero attached hydrogens (tertiary/aromatic N) is 2. The summed E-state index contributed by atoms with van der Waals surface area (Å²) in [6.07, 6.45) is 1.57. The Morgan fingerprint density at radius 1 is 1.17 bits per heavy atom. The van der Waals surface area contributed by atoms with Crippen LogP contribution in [-0.4, -0.2) is 25.2 Å². The van der Waals surface area contributed by atoms with Gasteiger partial charge in [0.25, 0.3) is 5.91 Å². The average Bonchev–Trinajstić information content (AvgIpc) is 3.23. The Morgan fingerprint density at radius 3 is 2.61 bits per heavy atom. The maximum atomic E-state index is 12.1. The predicted octanol–water partition coefficient (Wildman–Crippen LogP) is 2.93. The molecule has 0 unspecified atom stereocenters. The molecule has 0 saturated carbocycles. The lowest BCUT2D eigenvalue weighted by Gasteiger charge is -2.12. The highest BCUT2D eigenvalue weighted by molar-refractivity contribution is 5.94. The molecule has 6 heteroatoms. The number of rotatable bonds is 5. The summed E-state index contributed by atoms with van der Waals surface area (Å²) < 4.78 is 10.4. The van der Waals surface area contributed by atoms with Crippen LogP contribution in [0.5, 0.6) is 0 Å². The molecule has 1 amide bonds. The molecule has 0 aliphatic carbocycles. The van der Waals surface area contributed by atoms with Gasteiger partial charge in [-0.05, 0) is 36.4 Å². The van der Waals surface area contributed by atoms with E-state index in [0.717, 1.165) is 5.69 Å². The molecule has 3 rings (SSSR count). The van der Waals surface area contributed by atoms with Crippen molar-refractivity contribution in [3.05, 3.63) is 60.0 Å². The van der Waals surface area contributed by atoms with E-state index in [1.165, 1.54) is 0 Å². The molecule has 0 aliphatic heterocycles. The van der Waals surface area contributed by atoms with Crippen LogP contribution in [0.15, 0.2) is 57.7 Å². The Morgan fingerprint density at radius 2 is 1.96 bits per heavy atom. The second-order valence-corrected chi connectivity index (χ2v) is 5.28. The lowest BCUT2D eigenvalue weighted by atomic mass is 10.2. The molecule has 0 aliphatic rings. The number of amides is 1. The molecule has 1 aromatic carbocycles. The summed E-state index contributed by atoms with van der Waals surface area (Å²) in [6.45, 7) is 0.290. The summed E-state index contributed by atoms with van der Waals surface area (Å²) >= 11 is 0. The van der Waals surface area contributed by atoms with Gasteiger partial charge >= 0.3 is 0 Å². The number of aromatic nitrogens is 1. The van der Waals surface area contributed by atoms with Gasteiger partial charge in [-0.25, -0.2) is 0 Å². The number of carbonyl (C=O) groups is 1. The highest BCUT2D eigenvalue weighted by Gasteiger charge is 2.11. The minimum atomic E-state index is -0.155. The van der Waals surface area contributed by atoms with Gasteiger partial charge in [-0.1, -0.05) is 5.16 Å². The van der Waals surface area contributed by atoms with Crippen LogP contribution in [0.2, 0.25) is 0 Å². The van der Waals surface area contributed by atoms with Crippen LogP contribution >= 0.6 is 0 Å². The third-order valence-electron chi connectivity index (χ3n) is 3.40. The van der Waals surface area contributed by atoms with E-state index in [4.69, 9.17) is 8.94 Å². The number of carbonyl (C=O) groups excluding carboxylic acids is 1. The zero-order valence-electron chi connectivity index (χ0n) is 12.9. The zero-order chi connectivity index (χ0) is 16.2. The van der Waals surface area contributed by atoms with Crippen LogP contribution in [0, 0.1) is 0 Å². The largest absolute Gasteiger partial charge is 0.461 e. The minimum absolute atomic E-state index is 0.155. The zero-order valence-corrected chi connectivity index (χ0v) is 12.9. The van der Waals surface area contributed by atoms with Crippen molar-refractivity contribution in [2.24, 2.45) is 0 Å². The molecular formula is C17H17N3O3. The van der Waals surface area contributed by atoms with Crippen LogP contribution in [-0.2, 0) is 6.54 Å². The smallest absolute Gasteiger partial charge is 0.251 e. The van der Waals surface area contributed by atoms with Gasteiger partial charge in [0, 0.05) is 31.4 Å². The van der Waals surface area contributed by atoms with E-state index in [0.29, 0.717) is 29.3 Å². The van der Waals surface area contributed by atoms with Gasteiger partial charge in [-0.2, -0.15) is 0 Å². The van der Waals surface area contributed by atoms with E-state index in [2.05, 4.69) is 10.5 Å². The number of hydrogen-bond donors (Lipinski definition) is 1. The first kappa shape index (κ1) is 14.9. The van der Waals surface area contributed by atoms with Crippen LogP contribution in [0.25, 0.3) is 11.5 Å². The maximum absolute atomic E-state index is 12.1. The number of nitrogens with one attached hydrogen (secondary N) is 1. The first-order chi connectivity index (χ1) is 11.1. The molecule has 0 fully saturated rings. The third kappa shape index (κ3) is 3.42. The number of benzene rings is 1. The van der Waals surface area contributed by atoms with E-state index in [1.807, 2.05) is 31.1 Å². The first-order valence-corrected chi connectivity index (χ1v) is 7.18. The van der Waals surface area contributed by atoms with Gasteiger partial charge in [0.05, 0.1) is 12.8 Å². The molecule has 23 heavy (non-hydrogen) atoms. The van der Waals surface area contributed by atoms with E-state index < -0.39 is 0 Å². The van der Waals surface area contributed by atoms with E-state index in [-0.39, 0.29) is 5.91 Å². The summed E-state index contributed by atoms with van der Waals surface area (Å²) in [7, 11) is 3.91. The second kappa shape index (κ2) is 6.39. The summed E-state index contributed by atoms with van der Waals surface area (Å²) in [6, 6.07) is 12.7. The van der Waals surface area contributed by atoms with Crippen molar-refractivity contribution >= 4 is 11.6 Å². The van der Waals surface area contributed by atoms with Crippen molar-refractivity contribution in [2.75, 3.05) is 19.0 Å². The van der Waals surface area contributed by atoms with Crippen molar-refractivity contribution in [1.82, 2.24) is 10.5 Å². The molecule has 6 nitrogen and oxygen atoms in total. The summed E-state index contributed by atoms with van der Waals surface area (Å²) in [5.41, 5.74) is 2.28. The van der Waals surface area contributed by atoms with Gasteiger partial charge in [-0.15, -0.1) is 0 Å². The second-order valence-electron chi connectivity index (χ2n) is 5.28. The molecule has 0 saturated heterocycles. The lowest BCUT2D eigenvalue weighted by Crippen LogP contribution is -2.23. The molecule has 0 spiro atoms. The normalized spacial score (nSPS) is 10.5. The van der Waals surface area contributed by atoms with Crippen LogP contribution in [0.4, 0.5) is 5.69 Å². The first-order valence-electron chi connectivity index (χ1n) is 7.18. The predicted molar refractivity (Wildman–Crippen MR) is 86.1 cm³/mol. The van der Waals surface area contributed by atoms with Crippen molar-refractivity contribution in [3.8, 4) is 11.5 Å². The van der Waals surface area contributed by atoms with Crippen molar-refractivity contribution in [2.45, 2.75) is 6.54 Å². The molecule has 118 valence electrons. The van der Waals surface area contributed by atoms with Gasteiger partial charge in [0.2, 0.25) is 5.76 Å². The fourth-order valence-corrected chi connectivity index (χ4v) is 2.11. The molecule has 1 N–H and O–H groups in total. The molecule has 0 atom stereocenters. The SMILES string of the molecule is CN(C)c1ccc(C(=O)NCc2cc(-c3ccco3)on2)cc1. The Bertz CT molecular complexity index is 774. The quantitative estimate of drug-likeness (QED) is 0.784. The van der Waals surface area contributed by atoms with Crippen LogP contribution < -0.4 is 10.2 Å². The van der Waals surface area contributed by atoms with Crippen molar-refractivity contribution in [3.63, 3.8) is 0 Å². The number of furan rings is 1. The van der Waals surface area contributed by atoms with E-state index >= 15 is 0 Å². The van der Waals surface area contributed by atoms with Crippen LogP contribution in [0.3, 0.4) is 0 Å². The molecule has 2 aromatic heterocycles. The third-order valence-corrected chi connectivity index (χ3v) is 3.40. The molecule has 2 heterocycles. The van der Waals surface area contributed by atoms with E-state index in [1.54, 1.807) is 36.6 Å². The summed E-state index contributed by atoms with van der Waals surface area (Å²) in [5, 5.41) is 6.74. The molecular weight excluding hydrogens is 294 g/mol. The van der Waals surface area contributed by atoms with Gasteiger partial charge in [-0.3, -0.25) is 4.79 Å². The summed E-state index contributed by atoms with van der Waals surface area (Å²) in [5.74, 6) is 0.988.